The summed E-state index contributed by atoms with van der Waals surface area (Å²) in [6.07, 6.45) is 2.64. The molecule has 0 bridgehead atoms. The third kappa shape index (κ3) is 1.37. The predicted octanol–water partition coefficient (Wildman–Crippen LogP) is 2.25. The predicted molar refractivity (Wildman–Crippen MR) is 49.9 cm³/mol. The van der Waals surface area contributed by atoms with Gasteiger partial charge in [-0.15, -0.1) is 0 Å². The molecule has 1 unspecified atom stereocenters. The van der Waals surface area contributed by atoms with Gasteiger partial charge in [0.05, 0.1) is 0 Å². The summed E-state index contributed by atoms with van der Waals surface area (Å²) in [5.74, 6) is 0. The molecule has 12 heavy (non-hydrogen) atoms. The minimum absolute atomic E-state index is 0.652. The molecule has 1 aromatic rings. The van der Waals surface area contributed by atoms with Crippen molar-refractivity contribution in [1.29, 1.82) is 0 Å². The summed E-state index contributed by atoms with van der Waals surface area (Å²) in [5.41, 5.74) is 1.44. The van der Waals surface area contributed by atoms with Crippen LogP contribution in [0.3, 0.4) is 0 Å². The Bertz CT molecular complexity index is 242. The van der Waals surface area contributed by atoms with Gasteiger partial charge in [0.25, 0.3) is 0 Å². The number of hydrogen-bond donors (Lipinski definition) is 0. The molecule has 1 heteroatoms. The molecule has 1 atom stereocenters. The van der Waals surface area contributed by atoms with Crippen molar-refractivity contribution in [2.75, 3.05) is 13.6 Å². The van der Waals surface area contributed by atoms with Crippen molar-refractivity contribution in [1.82, 2.24) is 4.90 Å². The standard InChI is InChI=1S/C11H14N/c1-12-9-5-8-11(12)10-6-3-2-4-7-10/h3-4,6-7,11H,5,8-9H2,1H3. The van der Waals surface area contributed by atoms with Crippen molar-refractivity contribution >= 4 is 0 Å². The topological polar surface area (TPSA) is 3.24 Å². The van der Waals surface area contributed by atoms with E-state index in [0.29, 0.717) is 6.04 Å². The van der Waals surface area contributed by atoms with Crippen LogP contribution in [0, 0.1) is 6.07 Å². The Hall–Kier alpha value is -0.820. The lowest BCUT2D eigenvalue weighted by Gasteiger charge is -2.19. The van der Waals surface area contributed by atoms with E-state index in [1.807, 2.05) is 12.1 Å². The van der Waals surface area contributed by atoms with Crippen LogP contribution in [0.15, 0.2) is 24.3 Å². The lowest BCUT2D eigenvalue weighted by molar-refractivity contribution is 0.317. The second-order valence-electron chi connectivity index (χ2n) is 3.47. The molecule has 1 aromatic carbocycles. The first kappa shape index (κ1) is 7.81. The fourth-order valence-corrected chi connectivity index (χ4v) is 1.95. The highest BCUT2D eigenvalue weighted by atomic mass is 15.1. The normalized spacial score (nSPS) is 24.6. The Morgan fingerprint density at radius 2 is 2.17 bits per heavy atom. The minimum atomic E-state index is 0.652. The summed E-state index contributed by atoms with van der Waals surface area (Å²) in [7, 11) is 2.20. The van der Waals surface area contributed by atoms with Crippen molar-refractivity contribution < 1.29 is 0 Å². The van der Waals surface area contributed by atoms with Gasteiger partial charge in [0.15, 0.2) is 0 Å². The van der Waals surface area contributed by atoms with Gasteiger partial charge in [-0.25, -0.2) is 0 Å². The van der Waals surface area contributed by atoms with Gasteiger partial charge in [0, 0.05) is 6.04 Å². The molecule has 1 saturated heterocycles. The average molecular weight is 160 g/mol. The Labute approximate surface area is 74.0 Å². The molecule has 0 spiro atoms. The third-order valence-corrected chi connectivity index (χ3v) is 2.65. The first-order valence-corrected chi connectivity index (χ1v) is 4.54. The molecule has 0 N–H and O–H groups in total. The average Bonchev–Trinajstić information content (AvgIpc) is 2.53. The molecule has 0 amide bonds. The van der Waals surface area contributed by atoms with Gasteiger partial charge in [-0.2, -0.15) is 0 Å². The molecule has 1 heterocycles. The van der Waals surface area contributed by atoms with Crippen LogP contribution in [0.2, 0.25) is 0 Å². The van der Waals surface area contributed by atoms with Gasteiger partial charge in [-0.3, -0.25) is 4.90 Å². The summed E-state index contributed by atoms with van der Waals surface area (Å²) in [4.78, 5) is 2.43. The quantitative estimate of drug-likeness (QED) is 0.609. The molecular weight excluding hydrogens is 146 g/mol. The second kappa shape index (κ2) is 3.28. The number of hydrogen-bond acceptors (Lipinski definition) is 1. The zero-order chi connectivity index (χ0) is 8.39. The van der Waals surface area contributed by atoms with E-state index in [1.54, 1.807) is 0 Å². The Morgan fingerprint density at radius 1 is 1.42 bits per heavy atom. The van der Waals surface area contributed by atoms with Crippen LogP contribution in [0.4, 0.5) is 0 Å². The third-order valence-electron chi connectivity index (χ3n) is 2.65. The van der Waals surface area contributed by atoms with Crippen LogP contribution < -0.4 is 0 Å². The zero-order valence-electron chi connectivity index (χ0n) is 7.46. The van der Waals surface area contributed by atoms with E-state index in [1.165, 1.54) is 24.9 Å². The Morgan fingerprint density at radius 3 is 2.75 bits per heavy atom. The number of nitrogens with zero attached hydrogens (tertiary/aromatic N) is 1. The number of likely N-dealkylation sites (tertiary alicyclic amines) is 1. The van der Waals surface area contributed by atoms with Crippen molar-refractivity contribution in [2.24, 2.45) is 0 Å². The smallest absolute Gasteiger partial charge is 0.0345 e. The van der Waals surface area contributed by atoms with E-state index in [2.05, 4.69) is 30.1 Å². The van der Waals surface area contributed by atoms with Crippen LogP contribution in [0.1, 0.15) is 24.4 Å². The summed E-state index contributed by atoms with van der Waals surface area (Å²) in [5, 5.41) is 0. The molecule has 2 rings (SSSR count). The minimum Gasteiger partial charge on any atom is -0.299 e. The second-order valence-corrected chi connectivity index (χ2v) is 3.47. The van der Waals surface area contributed by atoms with Crippen molar-refractivity contribution in [3.8, 4) is 0 Å². The van der Waals surface area contributed by atoms with Gasteiger partial charge < -0.3 is 0 Å². The Balaban J connectivity index is 2.19. The molecule has 1 aliphatic heterocycles. The maximum atomic E-state index is 3.05. The fraction of sp³-hybridized carbons (Fsp3) is 0.455. The molecule has 0 saturated carbocycles. The van der Waals surface area contributed by atoms with Crippen molar-refractivity contribution in [2.45, 2.75) is 18.9 Å². The Kier molecular flexibility index (Phi) is 2.13. The van der Waals surface area contributed by atoms with Gasteiger partial charge in [0.2, 0.25) is 0 Å². The monoisotopic (exact) mass is 160 g/mol. The lowest BCUT2D eigenvalue weighted by atomic mass is 10.1. The number of benzene rings is 1. The van der Waals surface area contributed by atoms with Crippen molar-refractivity contribution in [3.63, 3.8) is 0 Å². The number of rotatable bonds is 1. The first-order valence-electron chi connectivity index (χ1n) is 4.54. The van der Waals surface area contributed by atoms with E-state index in [4.69, 9.17) is 0 Å². The van der Waals surface area contributed by atoms with Crippen LogP contribution in [0.25, 0.3) is 0 Å². The molecule has 63 valence electrons. The first-order chi connectivity index (χ1) is 5.88. The van der Waals surface area contributed by atoms with E-state index >= 15 is 0 Å². The van der Waals surface area contributed by atoms with Gasteiger partial charge in [-0.05, 0) is 38.1 Å². The van der Waals surface area contributed by atoms with E-state index in [9.17, 15) is 0 Å². The lowest BCUT2D eigenvalue weighted by Crippen LogP contribution is -2.17. The molecule has 1 aliphatic rings. The summed E-state index contributed by atoms with van der Waals surface area (Å²) >= 11 is 0. The van der Waals surface area contributed by atoms with Crippen LogP contribution in [-0.4, -0.2) is 18.5 Å². The molecular formula is C11H14N. The SMILES string of the molecule is CN1CCCC1c1cc[c]cc1. The van der Waals surface area contributed by atoms with Gasteiger partial charge >= 0.3 is 0 Å². The van der Waals surface area contributed by atoms with Crippen molar-refractivity contribution in [3.05, 3.63) is 35.9 Å². The highest BCUT2D eigenvalue weighted by molar-refractivity contribution is 5.19. The van der Waals surface area contributed by atoms with E-state index in [-0.39, 0.29) is 0 Å². The summed E-state index contributed by atoms with van der Waals surface area (Å²) < 4.78 is 0. The largest absolute Gasteiger partial charge is 0.299 e. The van der Waals surface area contributed by atoms with Crippen LogP contribution >= 0.6 is 0 Å². The fourth-order valence-electron chi connectivity index (χ4n) is 1.95. The summed E-state index contributed by atoms with van der Waals surface area (Å²) in [6, 6.07) is 12.1. The van der Waals surface area contributed by atoms with E-state index in [0.717, 1.165) is 0 Å². The van der Waals surface area contributed by atoms with E-state index < -0.39 is 0 Å². The maximum Gasteiger partial charge on any atom is 0.0345 e. The van der Waals surface area contributed by atoms with Gasteiger partial charge in [0.1, 0.15) is 0 Å². The molecule has 1 radical (unpaired) electrons. The molecule has 1 nitrogen and oxygen atoms in total. The molecule has 0 aliphatic carbocycles. The van der Waals surface area contributed by atoms with Crippen LogP contribution in [0.5, 0.6) is 0 Å². The van der Waals surface area contributed by atoms with Crippen LogP contribution in [-0.2, 0) is 0 Å². The zero-order valence-corrected chi connectivity index (χ0v) is 7.46. The molecule has 0 aromatic heterocycles. The highest BCUT2D eigenvalue weighted by Crippen LogP contribution is 2.29. The summed E-state index contributed by atoms with van der Waals surface area (Å²) in [6.45, 7) is 1.24. The molecule has 1 fully saturated rings. The highest BCUT2D eigenvalue weighted by Gasteiger charge is 2.21. The maximum absolute atomic E-state index is 3.05. The van der Waals surface area contributed by atoms with Gasteiger partial charge in [-0.1, -0.05) is 24.3 Å².